The predicted octanol–water partition coefficient (Wildman–Crippen LogP) is 3.40. The first-order chi connectivity index (χ1) is 13.7. The minimum absolute atomic E-state index is 0.264. The van der Waals surface area contributed by atoms with Gasteiger partial charge in [0.25, 0.3) is 0 Å². The number of halogens is 1. The summed E-state index contributed by atoms with van der Waals surface area (Å²) in [6, 6.07) is 12.7. The molecule has 1 N–H and O–H groups in total. The Balaban J connectivity index is 1.44. The Morgan fingerprint density at radius 3 is 2.89 bits per heavy atom. The molecule has 2 atom stereocenters. The summed E-state index contributed by atoms with van der Waals surface area (Å²) in [7, 11) is 1.47. The first-order valence-corrected chi connectivity index (χ1v) is 9.37. The molecule has 6 heteroatoms. The molecule has 0 radical (unpaired) electrons. The highest BCUT2D eigenvalue weighted by atomic mass is 19.1. The molecular formula is C22H23FN2O3. The lowest BCUT2D eigenvalue weighted by molar-refractivity contribution is -0.0270. The van der Waals surface area contributed by atoms with Gasteiger partial charge >= 0.3 is 0 Å². The molecule has 0 spiro atoms. The molecular weight excluding hydrogens is 359 g/mol. The van der Waals surface area contributed by atoms with Crippen LogP contribution in [0.25, 0.3) is 10.8 Å². The number of β-amino-alcohol motifs (C(OH)–C–C–N with tert-alkyl or cyclic N) is 1. The summed E-state index contributed by atoms with van der Waals surface area (Å²) < 4.78 is 25.2. The first-order valence-electron chi connectivity index (χ1n) is 9.37. The molecule has 3 aromatic rings. The summed E-state index contributed by atoms with van der Waals surface area (Å²) in [5.41, 5.74) is 0.774. The Morgan fingerprint density at radius 2 is 2.07 bits per heavy atom. The van der Waals surface area contributed by atoms with Gasteiger partial charge in [-0.25, -0.2) is 4.39 Å². The molecule has 146 valence electrons. The van der Waals surface area contributed by atoms with Crippen LogP contribution in [0, 0.1) is 5.82 Å². The second-order valence-electron chi connectivity index (χ2n) is 7.03. The molecule has 0 bridgehead atoms. The Hall–Kier alpha value is -2.70. The number of rotatable bonds is 5. The van der Waals surface area contributed by atoms with Gasteiger partial charge in [-0.05, 0) is 24.6 Å². The molecule has 1 fully saturated rings. The van der Waals surface area contributed by atoms with Gasteiger partial charge in [-0.15, -0.1) is 0 Å². The summed E-state index contributed by atoms with van der Waals surface area (Å²) in [6.45, 7) is 1.72. The van der Waals surface area contributed by atoms with Crippen molar-refractivity contribution in [3.8, 4) is 11.5 Å². The fourth-order valence-electron chi connectivity index (χ4n) is 3.76. The van der Waals surface area contributed by atoms with Crippen molar-refractivity contribution >= 4 is 10.8 Å². The number of ether oxygens (including phenoxy) is 2. The third kappa shape index (κ3) is 3.79. The van der Waals surface area contributed by atoms with E-state index < -0.39 is 6.10 Å². The number of aliphatic hydroxyl groups excluding tert-OH is 1. The zero-order chi connectivity index (χ0) is 19.5. The number of fused-ring (bicyclic) bond motifs is 1. The van der Waals surface area contributed by atoms with Gasteiger partial charge in [0.15, 0.2) is 11.6 Å². The number of hydrogen-bond donors (Lipinski definition) is 1. The number of para-hydroxylation sites is 1. The number of aliphatic hydroxyl groups is 1. The van der Waals surface area contributed by atoms with Crippen LogP contribution < -0.4 is 9.47 Å². The fraction of sp³-hybridized carbons (Fsp3) is 0.318. The smallest absolute Gasteiger partial charge is 0.165 e. The lowest BCUT2D eigenvalue weighted by atomic mass is 10.0. The molecule has 4 rings (SSSR count). The van der Waals surface area contributed by atoms with Crippen LogP contribution in [0.4, 0.5) is 4.39 Å². The first kappa shape index (κ1) is 18.7. The molecule has 28 heavy (non-hydrogen) atoms. The average Bonchev–Trinajstić information content (AvgIpc) is 2.70. The number of likely N-dealkylation sites (tertiary alicyclic amines) is 1. The molecule has 1 saturated heterocycles. The highest BCUT2D eigenvalue weighted by Gasteiger charge is 2.30. The van der Waals surface area contributed by atoms with E-state index in [0.29, 0.717) is 19.5 Å². The highest BCUT2D eigenvalue weighted by molar-refractivity contribution is 5.87. The van der Waals surface area contributed by atoms with Gasteiger partial charge in [0.05, 0.1) is 7.11 Å². The van der Waals surface area contributed by atoms with E-state index in [1.54, 1.807) is 18.5 Å². The van der Waals surface area contributed by atoms with Crippen LogP contribution in [0.5, 0.6) is 11.5 Å². The van der Waals surface area contributed by atoms with Crippen molar-refractivity contribution in [1.29, 1.82) is 0 Å². The lowest BCUT2D eigenvalue weighted by Gasteiger charge is -2.36. The van der Waals surface area contributed by atoms with Gasteiger partial charge in [0.2, 0.25) is 0 Å². The quantitative estimate of drug-likeness (QED) is 0.733. The fourth-order valence-corrected chi connectivity index (χ4v) is 3.76. The van der Waals surface area contributed by atoms with Crippen LogP contribution in [0.2, 0.25) is 0 Å². The molecule has 0 amide bonds. The van der Waals surface area contributed by atoms with Crippen molar-refractivity contribution in [3.63, 3.8) is 0 Å². The zero-order valence-corrected chi connectivity index (χ0v) is 15.7. The van der Waals surface area contributed by atoms with E-state index in [1.807, 2.05) is 30.3 Å². The topological polar surface area (TPSA) is 54.8 Å². The molecule has 5 nitrogen and oxygen atoms in total. The van der Waals surface area contributed by atoms with Crippen molar-refractivity contribution in [2.75, 3.05) is 20.2 Å². The van der Waals surface area contributed by atoms with Crippen molar-refractivity contribution in [3.05, 3.63) is 66.2 Å². The van der Waals surface area contributed by atoms with Gasteiger partial charge in [-0.3, -0.25) is 9.88 Å². The summed E-state index contributed by atoms with van der Waals surface area (Å²) in [6.07, 6.45) is 3.30. The van der Waals surface area contributed by atoms with Gasteiger partial charge in [0.1, 0.15) is 18.0 Å². The van der Waals surface area contributed by atoms with Crippen LogP contribution in [-0.4, -0.2) is 47.4 Å². The van der Waals surface area contributed by atoms with Gasteiger partial charge < -0.3 is 14.6 Å². The molecule has 1 aliphatic heterocycles. The van der Waals surface area contributed by atoms with Crippen molar-refractivity contribution in [2.24, 2.45) is 0 Å². The summed E-state index contributed by atoms with van der Waals surface area (Å²) >= 11 is 0. The van der Waals surface area contributed by atoms with Crippen molar-refractivity contribution in [1.82, 2.24) is 9.88 Å². The van der Waals surface area contributed by atoms with Crippen molar-refractivity contribution < 1.29 is 19.0 Å². The molecule has 1 aromatic heterocycles. The van der Waals surface area contributed by atoms with E-state index in [2.05, 4.69) is 9.88 Å². The summed E-state index contributed by atoms with van der Waals surface area (Å²) in [5.74, 6) is 0.646. The maximum Gasteiger partial charge on any atom is 0.165 e. The standard InChI is InChI=1S/C22H23FN2O3/c1-27-22-16(5-2-6-18(22)23)13-25-11-9-21(19(26)14-25)28-20-7-3-4-15-12-24-10-8-17(15)20/h2-8,10,12,19,21,26H,9,11,13-14H2,1H3/t19-,21-/m1/s1. The van der Waals surface area contributed by atoms with E-state index >= 15 is 0 Å². The number of aromatic nitrogens is 1. The Morgan fingerprint density at radius 1 is 1.21 bits per heavy atom. The predicted molar refractivity (Wildman–Crippen MR) is 105 cm³/mol. The number of methoxy groups -OCH3 is 1. The van der Waals surface area contributed by atoms with Crippen LogP contribution >= 0.6 is 0 Å². The molecule has 1 aliphatic rings. The Kier molecular flexibility index (Phi) is 5.41. The van der Waals surface area contributed by atoms with E-state index in [1.165, 1.54) is 13.2 Å². The SMILES string of the molecule is COc1c(F)cccc1CN1CC[C@@H](Oc2cccc3cnccc23)[C@H](O)C1. The van der Waals surface area contributed by atoms with Crippen LogP contribution in [-0.2, 0) is 6.54 Å². The van der Waals surface area contributed by atoms with Crippen LogP contribution in [0.15, 0.2) is 54.9 Å². The summed E-state index contributed by atoms with van der Waals surface area (Å²) in [5, 5.41) is 12.6. The molecule has 0 unspecified atom stereocenters. The average molecular weight is 382 g/mol. The molecule has 0 saturated carbocycles. The number of hydrogen-bond acceptors (Lipinski definition) is 5. The maximum atomic E-state index is 13.9. The van der Waals surface area contributed by atoms with Gasteiger partial charge in [-0.2, -0.15) is 0 Å². The normalized spacial score (nSPS) is 20.2. The van der Waals surface area contributed by atoms with Gasteiger partial charge in [0, 0.05) is 48.4 Å². The third-order valence-corrected chi connectivity index (χ3v) is 5.17. The summed E-state index contributed by atoms with van der Waals surface area (Å²) in [4.78, 5) is 6.23. The number of pyridine rings is 1. The Labute approximate surface area is 163 Å². The minimum atomic E-state index is -0.634. The van der Waals surface area contributed by atoms with E-state index in [-0.39, 0.29) is 17.7 Å². The molecule has 0 aliphatic carbocycles. The van der Waals surface area contributed by atoms with Crippen LogP contribution in [0.3, 0.4) is 0 Å². The van der Waals surface area contributed by atoms with E-state index in [0.717, 1.165) is 28.6 Å². The number of piperidine rings is 1. The van der Waals surface area contributed by atoms with Crippen molar-refractivity contribution in [2.45, 2.75) is 25.2 Å². The number of benzene rings is 2. The highest BCUT2D eigenvalue weighted by Crippen LogP contribution is 2.29. The lowest BCUT2D eigenvalue weighted by Crippen LogP contribution is -2.48. The van der Waals surface area contributed by atoms with Crippen LogP contribution in [0.1, 0.15) is 12.0 Å². The third-order valence-electron chi connectivity index (χ3n) is 5.17. The van der Waals surface area contributed by atoms with Gasteiger partial charge in [-0.1, -0.05) is 24.3 Å². The largest absolute Gasteiger partial charge is 0.493 e. The van der Waals surface area contributed by atoms with E-state index in [9.17, 15) is 9.50 Å². The maximum absolute atomic E-state index is 13.9. The monoisotopic (exact) mass is 382 g/mol. The number of nitrogens with zero attached hydrogens (tertiary/aromatic N) is 2. The molecule has 2 aromatic carbocycles. The van der Waals surface area contributed by atoms with E-state index in [4.69, 9.17) is 9.47 Å². The second kappa shape index (κ2) is 8.12. The minimum Gasteiger partial charge on any atom is -0.493 e. The Bertz CT molecular complexity index is 960. The second-order valence-corrected chi connectivity index (χ2v) is 7.03. The molecule has 2 heterocycles. The zero-order valence-electron chi connectivity index (χ0n) is 15.7.